The molecule has 0 bridgehead atoms. The summed E-state index contributed by atoms with van der Waals surface area (Å²) < 4.78 is 0. The topological polar surface area (TPSA) is 32.3 Å². The second kappa shape index (κ2) is 8.70. The minimum atomic E-state index is 0.203. The van der Waals surface area contributed by atoms with Crippen molar-refractivity contribution in [1.82, 2.24) is 10.2 Å². The zero-order chi connectivity index (χ0) is 13.2. The van der Waals surface area contributed by atoms with Crippen molar-refractivity contribution in [2.24, 2.45) is 0 Å². The third-order valence-electron chi connectivity index (χ3n) is 2.79. The van der Waals surface area contributed by atoms with Gasteiger partial charge in [-0.3, -0.25) is 4.79 Å². The second-order valence-electron chi connectivity index (χ2n) is 4.47. The van der Waals surface area contributed by atoms with Gasteiger partial charge in [0.15, 0.2) is 0 Å². The number of hydrogen-bond acceptors (Lipinski definition) is 2. The van der Waals surface area contributed by atoms with Gasteiger partial charge in [-0.05, 0) is 18.4 Å². The second-order valence-corrected chi connectivity index (χ2v) is 4.47. The van der Waals surface area contributed by atoms with Crippen molar-refractivity contribution < 1.29 is 4.79 Å². The molecular weight excluding hydrogens is 224 g/mol. The van der Waals surface area contributed by atoms with Crippen LogP contribution in [0.25, 0.3) is 0 Å². The lowest BCUT2D eigenvalue weighted by atomic mass is 10.2. The van der Waals surface area contributed by atoms with Gasteiger partial charge in [0.1, 0.15) is 0 Å². The Kier molecular flexibility index (Phi) is 7.11. The number of carbonyl (C=O) groups is 1. The Morgan fingerprint density at radius 3 is 2.28 bits per heavy atom. The largest absolute Gasteiger partial charge is 0.342 e. The molecule has 0 spiro atoms. The highest BCUT2D eigenvalue weighted by atomic mass is 16.2. The molecule has 0 aliphatic carbocycles. The Morgan fingerprint density at radius 2 is 1.72 bits per heavy atom. The molecule has 100 valence electrons. The van der Waals surface area contributed by atoms with Gasteiger partial charge in [0.2, 0.25) is 5.91 Å². The predicted molar refractivity (Wildman–Crippen MR) is 75.3 cm³/mol. The first-order valence-electron chi connectivity index (χ1n) is 6.80. The van der Waals surface area contributed by atoms with Crippen LogP contribution >= 0.6 is 0 Å². The molecule has 1 rings (SSSR count). The van der Waals surface area contributed by atoms with Crippen LogP contribution in [0.4, 0.5) is 0 Å². The van der Waals surface area contributed by atoms with E-state index in [4.69, 9.17) is 0 Å². The van der Waals surface area contributed by atoms with E-state index in [2.05, 4.69) is 31.3 Å². The van der Waals surface area contributed by atoms with Crippen LogP contribution in [0.5, 0.6) is 0 Å². The van der Waals surface area contributed by atoms with Crippen molar-refractivity contribution in [2.45, 2.75) is 33.2 Å². The lowest BCUT2D eigenvalue weighted by Crippen LogP contribution is -2.38. The van der Waals surface area contributed by atoms with Crippen molar-refractivity contribution in [1.29, 1.82) is 0 Å². The fourth-order valence-corrected chi connectivity index (χ4v) is 1.92. The standard InChI is InChI=1S/C15H24N2O/c1-3-10-17(11-4-2)15(18)13-16-12-14-8-6-5-7-9-14/h5-9,16H,3-4,10-13H2,1-2H3. The van der Waals surface area contributed by atoms with Crippen molar-refractivity contribution >= 4 is 5.91 Å². The number of amides is 1. The first-order valence-corrected chi connectivity index (χ1v) is 6.80. The van der Waals surface area contributed by atoms with Gasteiger partial charge in [-0.25, -0.2) is 0 Å². The molecule has 0 fully saturated rings. The Hall–Kier alpha value is -1.35. The van der Waals surface area contributed by atoms with Crippen molar-refractivity contribution in [2.75, 3.05) is 19.6 Å². The molecule has 0 saturated carbocycles. The highest BCUT2D eigenvalue weighted by molar-refractivity contribution is 5.78. The summed E-state index contributed by atoms with van der Waals surface area (Å²) in [7, 11) is 0. The third kappa shape index (κ3) is 5.32. The lowest BCUT2D eigenvalue weighted by molar-refractivity contribution is -0.130. The van der Waals surface area contributed by atoms with Gasteiger partial charge in [-0.2, -0.15) is 0 Å². The van der Waals surface area contributed by atoms with Gasteiger partial charge in [0.05, 0.1) is 6.54 Å². The Balaban J connectivity index is 2.30. The minimum absolute atomic E-state index is 0.203. The molecule has 1 amide bonds. The van der Waals surface area contributed by atoms with Crippen LogP contribution in [0, 0.1) is 0 Å². The van der Waals surface area contributed by atoms with E-state index in [0.29, 0.717) is 6.54 Å². The molecule has 0 unspecified atom stereocenters. The van der Waals surface area contributed by atoms with Crippen LogP contribution in [0.3, 0.4) is 0 Å². The SMILES string of the molecule is CCCN(CCC)C(=O)CNCc1ccccc1. The molecule has 1 aromatic rings. The summed E-state index contributed by atoms with van der Waals surface area (Å²) in [5.74, 6) is 0.203. The van der Waals surface area contributed by atoms with Gasteiger partial charge >= 0.3 is 0 Å². The minimum Gasteiger partial charge on any atom is -0.342 e. The van der Waals surface area contributed by atoms with Crippen molar-refractivity contribution in [3.8, 4) is 0 Å². The molecule has 3 nitrogen and oxygen atoms in total. The summed E-state index contributed by atoms with van der Waals surface area (Å²) in [6, 6.07) is 10.2. The van der Waals surface area contributed by atoms with Crippen LogP contribution in [-0.2, 0) is 11.3 Å². The highest BCUT2D eigenvalue weighted by Crippen LogP contribution is 1.98. The fourth-order valence-electron chi connectivity index (χ4n) is 1.92. The average Bonchev–Trinajstić information content (AvgIpc) is 2.39. The molecule has 0 atom stereocenters. The molecule has 18 heavy (non-hydrogen) atoms. The first-order chi connectivity index (χ1) is 8.77. The van der Waals surface area contributed by atoms with Crippen LogP contribution in [0.15, 0.2) is 30.3 Å². The lowest BCUT2D eigenvalue weighted by Gasteiger charge is -2.21. The zero-order valence-electron chi connectivity index (χ0n) is 11.5. The van der Waals surface area contributed by atoms with Crippen molar-refractivity contribution in [3.63, 3.8) is 0 Å². The number of carbonyl (C=O) groups excluding carboxylic acids is 1. The van der Waals surface area contributed by atoms with Gasteiger partial charge in [-0.1, -0.05) is 44.2 Å². The van der Waals surface area contributed by atoms with E-state index >= 15 is 0 Å². The number of rotatable bonds is 8. The molecule has 0 radical (unpaired) electrons. The molecule has 1 N–H and O–H groups in total. The van der Waals surface area contributed by atoms with E-state index in [1.54, 1.807) is 0 Å². The first kappa shape index (κ1) is 14.7. The maximum Gasteiger partial charge on any atom is 0.236 e. The molecule has 0 saturated heterocycles. The van der Waals surface area contributed by atoms with E-state index in [1.807, 2.05) is 23.1 Å². The third-order valence-corrected chi connectivity index (χ3v) is 2.79. The number of nitrogens with one attached hydrogen (secondary N) is 1. The average molecular weight is 248 g/mol. The van der Waals surface area contributed by atoms with Gasteiger partial charge in [-0.15, -0.1) is 0 Å². The predicted octanol–water partition coefficient (Wildman–Crippen LogP) is 2.42. The van der Waals surface area contributed by atoms with E-state index in [9.17, 15) is 4.79 Å². The Bertz CT molecular complexity index is 332. The van der Waals surface area contributed by atoms with Crippen LogP contribution in [0.2, 0.25) is 0 Å². The Morgan fingerprint density at radius 1 is 1.11 bits per heavy atom. The number of benzene rings is 1. The normalized spacial score (nSPS) is 10.3. The van der Waals surface area contributed by atoms with Crippen LogP contribution in [-0.4, -0.2) is 30.4 Å². The molecular formula is C15H24N2O. The maximum atomic E-state index is 12.0. The Labute approximate surface area is 110 Å². The zero-order valence-corrected chi connectivity index (χ0v) is 11.5. The molecule has 0 aliphatic rings. The molecule has 0 aliphatic heterocycles. The summed E-state index contributed by atoms with van der Waals surface area (Å²) in [6.45, 7) is 7.10. The smallest absolute Gasteiger partial charge is 0.236 e. The summed E-state index contributed by atoms with van der Waals surface area (Å²) in [6.07, 6.45) is 2.04. The summed E-state index contributed by atoms with van der Waals surface area (Å²) in [5.41, 5.74) is 1.21. The van der Waals surface area contributed by atoms with Crippen molar-refractivity contribution in [3.05, 3.63) is 35.9 Å². The van der Waals surface area contributed by atoms with E-state index in [0.717, 1.165) is 32.5 Å². The fraction of sp³-hybridized carbons (Fsp3) is 0.533. The summed E-state index contributed by atoms with van der Waals surface area (Å²) >= 11 is 0. The van der Waals surface area contributed by atoms with Gasteiger partial charge in [0, 0.05) is 19.6 Å². The number of nitrogens with zero attached hydrogens (tertiary/aromatic N) is 1. The number of hydrogen-bond donors (Lipinski definition) is 1. The van der Waals surface area contributed by atoms with Crippen LogP contribution in [0.1, 0.15) is 32.3 Å². The maximum absolute atomic E-state index is 12.0. The molecule has 3 heteroatoms. The van der Waals surface area contributed by atoms with Crippen LogP contribution < -0.4 is 5.32 Å². The monoisotopic (exact) mass is 248 g/mol. The van der Waals surface area contributed by atoms with Gasteiger partial charge in [0.25, 0.3) is 0 Å². The quantitative estimate of drug-likeness (QED) is 0.766. The molecule has 1 aromatic carbocycles. The molecule has 0 heterocycles. The molecule has 0 aromatic heterocycles. The van der Waals surface area contributed by atoms with E-state index in [1.165, 1.54) is 5.56 Å². The summed E-state index contributed by atoms with van der Waals surface area (Å²) in [5, 5.41) is 3.21. The van der Waals surface area contributed by atoms with E-state index < -0.39 is 0 Å². The summed E-state index contributed by atoms with van der Waals surface area (Å²) in [4.78, 5) is 13.9. The van der Waals surface area contributed by atoms with E-state index in [-0.39, 0.29) is 5.91 Å². The highest BCUT2D eigenvalue weighted by Gasteiger charge is 2.10. The van der Waals surface area contributed by atoms with Gasteiger partial charge < -0.3 is 10.2 Å².